The summed E-state index contributed by atoms with van der Waals surface area (Å²) in [5.41, 5.74) is 10.5. The second-order valence-corrected chi connectivity index (χ2v) is 6.22. The second kappa shape index (κ2) is 5.61. The molecule has 0 aliphatic carbocycles. The lowest BCUT2D eigenvalue weighted by atomic mass is 10.0. The zero-order valence-corrected chi connectivity index (χ0v) is 14.0. The van der Waals surface area contributed by atoms with Crippen molar-refractivity contribution in [3.63, 3.8) is 0 Å². The van der Waals surface area contributed by atoms with Gasteiger partial charge in [-0.25, -0.2) is 4.98 Å². The number of rotatable bonds is 3. The molecule has 3 heterocycles. The molecule has 2 N–H and O–H groups in total. The predicted octanol–water partition coefficient (Wildman–Crippen LogP) is 3.35. The molecule has 24 heavy (non-hydrogen) atoms. The summed E-state index contributed by atoms with van der Waals surface area (Å²) in [6, 6.07) is 11.7. The Bertz CT molecular complexity index is 1040. The number of ether oxygens (including phenoxy) is 1. The Morgan fingerprint density at radius 1 is 1.21 bits per heavy atom. The fourth-order valence-electron chi connectivity index (χ4n) is 2.71. The van der Waals surface area contributed by atoms with E-state index in [9.17, 15) is 0 Å². The molecule has 0 aliphatic rings. The van der Waals surface area contributed by atoms with Gasteiger partial charge >= 0.3 is 0 Å². The highest BCUT2D eigenvalue weighted by molar-refractivity contribution is 7.11. The lowest BCUT2D eigenvalue weighted by molar-refractivity contribution is 0.398. The summed E-state index contributed by atoms with van der Waals surface area (Å²) >= 11 is 1.27. The molecule has 0 spiro atoms. The van der Waals surface area contributed by atoms with Gasteiger partial charge in [-0.3, -0.25) is 4.68 Å². The molecule has 7 heteroatoms. The Morgan fingerprint density at radius 2 is 2.08 bits per heavy atom. The molecule has 0 bridgehead atoms. The van der Waals surface area contributed by atoms with Crippen LogP contribution in [0.4, 0.5) is 5.00 Å². The fourth-order valence-corrected chi connectivity index (χ4v) is 3.39. The lowest BCUT2D eigenvalue weighted by Gasteiger charge is -2.06. The van der Waals surface area contributed by atoms with E-state index in [1.807, 2.05) is 37.5 Å². The van der Waals surface area contributed by atoms with Crippen LogP contribution in [0.5, 0.6) is 5.88 Å². The molecule has 0 atom stereocenters. The molecule has 0 aliphatic heterocycles. The first kappa shape index (κ1) is 14.6. The van der Waals surface area contributed by atoms with Crippen molar-refractivity contribution in [1.82, 2.24) is 19.1 Å². The van der Waals surface area contributed by atoms with E-state index in [-0.39, 0.29) is 0 Å². The zero-order chi connectivity index (χ0) is 16.7. The van der Waals surface area contributed by atoms with Crippen LogP contribution in [-0.2, 0) is 7.05 Å². The monoisotopic (exact) mass is 337 g/mol. The molecular weight excluding hydrogens is 322 g/mol. The summed E-state index contributed by atoms with van der Waals surface area (Å²) < 4.78 is 11.6. The number of hydrogen-bond acceptors (Lipinski definition) is 6. The third-order valence-corrected chi connectivity index (χ3v) is 4.47. The molecule has 3 aromatic heterocycles. The molecule has 0 saturated heterocycles. The molecule has 120 valence electrons. The van der Waals surface area contributed by atoms with Crippen LogP contribution >= 0.6 is 11.5 Å². The van der Waals surface area contributed by atoms with Gasteiger partial charge in [0.15, 0.2) is 0 Å². The number of aromatic nitrogens is 4. The minimum Gasteiger partial charge on any atom is -0.481 e. The normalized spacial score (nSPS) is 11.1. The van der Waals surface area contributed by atoms with Gasteiger partial charge in [0.25, 0.3) is 0 Å². The van der Waals surface area contributed by atoms with Crippen molar-refractivity contribution in [3.05, 3.63) is 42.6 Å². The van der Waals surface area contributed by atoms with Crippen molar-refractivity contribution in [2.24, 2.45) is 7.05 Å². The summed E-state index contributed by atoms with van der Waals surface area (Å²) in [5.74, 6) is 0.548. The molecular formula is C17H15N5OS. The topological polar surface area (TPSA) is 78.8 Å². The van der Waals surface area contributed by atoms with E-state index in [0.29, 0.717) is 10.9 Å². The number of benzene rings is 1. The molecule has 0 unspecified atom stereocenters. The van der Waals surface area contributed by atoms with Crippen molar-refractivity contribution < 1.29 is 4.74 Å². The standard InChI is InChI=1S/C17H15N5OS/c1-22-9-11-8-10(6-7-12(11)20-22)16-15(17(18)24-21-16)13-4-3-5-14(19-13)23-2/h3-9H,18H2,1-2H3. The minimum absolute atomic E-state index is 0.548. The van der Waals surface area contributed by atoms with Crippen LogP contribution in [0.2, 0.25) is 0 Å². The van der Waals surface area contributed by atoms with E-state index >= 15 is 0 Å². The highest BCUT2D eigenvalue weighted by atomic mass is 32.1. The Hall–Kier alpha value is -2.93. The van der Waals surface area contributed by atoms with Crippen LogP contribution in [-0.4, -0.2) is 26.2 Å². The number of fused-ring (bicyclic) bond motifs is 1. The molecule has 0 saturated carbocycles. The van der Waals surface area contributed by atoms with Gasteiger partial charge in [0.1, 0.15) is 5.00 Å². The van der Waals surface area contributed by atoms with E-state index in [4.69, 9.17) is 10.5 Å². The predicted molar refractivity (Wildman–Crippen MR) is 96.0 cm³/mol. The largest absolute Gasteiger partial charge is 0.481 e. The average Bonchev–Trinajstić information content (AvgIpc) is 3.15. The summed E-state index contributed by atoms with van der Waals surface area (Å²) in [7, 11) is 3.50. The Balaban J connectivity index is 1.89. The average molecular weight is 337 g/mol. The number of nitrogens with zero attached hydrogens (tertiary/aromatic N) is 4. The fraction of sp³-hybridized carbons (Fsp3) is 0.118. The van der Waals surface area contributed by atoms with Gasteiger partial charge in [-0.15, -0.1) is 0 Å². The van der Waals surface area contributed by atoms with Gasteiger partial charge in [-0.05, 0) is 29.7 Å². The van der Waals surface area contributed by atoms with Crippen molar-refractivity contribution in [1.29, 1.82) is 0 Å². The third kappa shape index (κ3) is 2.39. The van der Waals surface area contributed by atoms with E-state index in [1.54, 1.807) is 17.9 Å². The number of nitrogen functional groups attached to an aromatic ring is 1. The summed E-state index contributed by atoms with van der Waals surface area (Å²) in [5, 5.41) is 6.10. The summed E-state index contributed by atoms with van der Waals surface area (Å²) in [6.07, 6.45) is 1.98. The molecule has 1 aromatic carbocycles. The third-order valence-electron chi connectivity index (χ3n) is 3.80. The van der Waals surface area contributed by atoms with E-state index < -0.39 is 0 Å². The van der Waals surface area contributed by atoms with Gasteiger partial charge in [0.2, 0.25) is 5.88 Å². The molecule has 0 fully saturated rings. The maximum absolute atomic E-state index is 6.18. The van der Waals surface area contributed by atoms with Gasteiger partial charge in [0.05, 0.1) is 29.6 Å². The maximum Gasteiger partial charge on any atom is 0.213 e. The van der Waals surface area contributed by atoms with Crippen LogP contribution in [0.15, 0.2) is 42.6 Å². The number of anilines is 1. The van der Waals surface area contributed by atoms with E-state index in [1.165, 1.54) is 11.5 Å². The van der Waals surface area contributed by atoms with Crippen molar-refractivity contribution in [3.8, 4) is 28.4 Å². The quantitative estimate of drug-likeness (QED) is 0.620. The Labute approximate surface area is 142 Å². The number of methoxy groups -OCH3 is 1. The van der Waals surface area contributed by atoms with Crippen LogP contribution in [0.3, 0.4) is 0 Å². The first-order valence-electron chi connectivity index (χ1n) is 7.36. The van der Waals surface area contributed by atoms with E-state index in [2.05, 4.69) is 20.5 Å². The SMILES string of the molecule is COc1cccc(-c2c(-c3ccc4nn(C)cc4c3)nsc2N)n1. The van der Waals surface area contributed by atoms with Gasteiger partial charge in [-0.2, -0.15) is 9.47 Å². The van der Waals surface area contributed by atoms with Gasteiger partial charge in [0, 0.05) is 30.3 Å². The highest BCUT2D eigenvalue weighted by Gasteiger charge is 2.17. The minimum atomic E-state index is 0.548. The number of aryl methyl sites for hydroxylation is 1. The molecule has 4 rings (SSSR count). The first-order valence-corrected chi connectivity index (χ1v) is 8.13. The molecule has 6 nitrogen and oxygen atoms in total. The highest BCUT2D eigenvalue weighted by Crippen LogP contribution is 2.39. The van der Waals surface area contributed by atoms with Gasteiger partial charge in [-0.1, -0.05) is 12.1 Å². The number of pyridine rings is 1. The lowest BCUT2D eigenvalue weighted by Crippen LogP contribution is -1.93. The Kier molecular flexibility index (Phi) is 3.42. The van der Waals surface area contributed by atoms with Crippen LogP contribution in [0.1, 0.15) is 0 Å². The van der Waals surface area contributed by atoms with Crippen molar-refractivity contribution in [2.45, 2.75) is 0 Å². The molecule has 0 amide bonds. The van der Waals surface area contributed by atoms with Crippen LogP contribution in [0.25, 0.3) is 33.4 Å². The summed E-state index contributed by atoms with van der Waals surface area (Å²) in [4.78, 5) is 4.50. The number of hydrogen-bond donors (Lipinski definition) is 1. The molecule has 0 radical (unpaired) electrons. The first-order chi connectivity index (χ1) is 11.7. The van der Waals surface area contributed by atoms with Crippen LogP contribution < -0.4 is 10.5 Å². The van der Waals surface area contributed by atoms with Crippen molar-refractivity contribution in [2.75, 3.05) is 12.8 Å². The zero-order valence-electron chi connectivity index (χ0n) is 13.2. The van der Waals surface area contributed by atoms with Crippen LogP contribution in [0, 0.1) is 0 Å². The van der Waals surface area contributed by atoms with Gasteiger partial charge < -0.3 is 10.5 Å². The van der Waals surface area contributed by atoms with Crippen molar-refractivity contribution >= 4 is 27.4 Å². The van der Waals surface area contributed by atoms with E-state index in [0.717, 1.165) is 33.4 Å². The number of nitrogens with two attached hydrogens (primary N) is 1. The summed E-state index contributed by atoms with van der Waals surface area (Å²) in [6.45, 7) is 0. The smallest absolute Gasteiger partial charge is 0.213 e. The second-order valence-electron chi connectivity index (χ2n) is 5.41. The molecule has 4 aromatic rings. The maximum atomic E-state index is 6.18. The Morgan fingerprint density at radius 3 is 2.92 bits per heavy atom.